The zero-order chi connectivity index (χ0) is 16.8. The summed E-state index contributed by atoms with van der Waals surface area (Å²) in [7, 11) is 0. The molecule has 0 unspecified atom stereocenters. The average Bonchev–Trinajstić information content (AvgIpc) is 2.52. The van der Waals surface area contributed by atoms with E-state index in [-0.39, 0.29) is 18.0 Å². The summed E-state index contributed by atoms with van der Waals surface area (Å²) in [4.78, 5) is 23.7. The van der Waals surface area contributed by atoms with Crippen molar-refractivity contribution in [3.8, 4) is 0 Å². The van der Waals surface area contributed by atoms with Gasteiger partial charge in [0.05, 0.1) is 0 Å². The van der Waals surface area contributed by atoms with Crippen LogP contribution in [0.5, 0.6) is 0 Å². The Balaban J connectivity index is 1.94. The van der Waals surface area contributed by atoms with Gasteiger partial charge in [-0.25, -0.2) is 9.18 Å². The second kappa shape index (κ2) is 7.49. The van der Waals surface area contributed by atoms with Crippen LogP contribution in [0.3, 0.4) is 0 Å². The predicted octanol–water partition coefficient (Wildman–Crippen LogP) is 3.88. The first-order valence-corrected chi connectivity index (χ1v) is 7.17. The average molecular weight is 312 g/mol. The van der Waals surface area contributed by atoms with E-state index in [2.05, 4.69) is 0 Å². The molecule has 2 aromatic rings. The van der Waals surface area contributed by atoms with Crippen LogP contribution >= 0.6 is 0 Å². The molecule has 0 aliphatic carbocycles. The smallest absolute Gasteiger partial charge is 0.331 e. The minimum Gasteiger partial charge on any atom is -0.454 e. The standard InChI is InChI=1S/C19H17FO3/c1-13-7-9-16(14(2)11-13)18(21)12-23-19(22)10-8-15-5-3-4-6-17(15)20/h3-11H,12H2,1-2H3/b10-8+. The van der Waals surface area contributed by atoms with Crippen LogP contribution in [0.1, 0.15) is 27.0 Å². The molecule has 0 radical (unpaired) electrons. The van der Waals surface area contributed by atoms with Gasteiger partial charge < -0.3 is 4.74 Å². The Labute approximate surface area is 134 Å². The molecule has 0 aliphatic rings. The first kappa shape index (κ1) is 16.6. The second-order valence-corrected chi connectivity index (χ2v) is 5.20. The van der Waals surface area contributed by atoms with Gasteiger partial charge in [0.25, 0.3) is 0 Å². The van der Waals surface area contributed by atoms with Crippen molar-refractivity contribution in [1.82, 2.24) is 0 Å². The largest absolute Gasteiger partial charge is 0.454 e. The van der Waals surface area contributed by atoms with E-state index < -0.39 is 11.8 Å². The van der Waals surface area contributed by atoms with Crippen molar-refractivity contribution < 1.29 is 18.7 Å². The first-order chi connectivity index (χ1) is 11.0. The van der Waals surface area contributed by atoms with Crippen molar-refractivity contribution in [2.75, 3.05) is 6.61 Å². The zero-order valence-electron chi connectivity index (χ0n) is 13.0. The number of rotatable bonds is 5. The highest BCUT2D eigenvalue weighted by atomic mass is 19.1. The van der Waals surface area contributed by atoms with Crippen LogP contribution in [-0.2, 0) is 9.53 Å². The van der Waals surface area contributed by atoms with Gasteiger partial charge in [0.15, 0.2) is 6.61 Å². The van der Waals surface area contributed by atoms with Crippen molar-refractivity contribution in [2.24, 2.45) is 0 Å². The van der Waals surface area contributed by atoms with E-state index in [0.29, 0.717) is 5.56 Å². The third kappa shape index (κ3) is 4.61. The summed E-state index contributed by atoms with van der Waals surface area (Å²) in [6, 6.07) is 11.5. The van der Waals surface area contributed by atoms with Gasteiger partial charge >= 0.3 is 5.97 Å². The summed E-state index contributed by atoms with van der Waals surface area (Å²) in [5.74, 6) is -1.38. The Hall–Kier alpha value is -2.75. The molecule has 0 amide bonds. The quantitative estimate of drug-likeness (QED) is 0.478. The van der Waals surface area contributed by atoms with Gasteiger partial charge in [0, 0.05) is 17.2 Å². The van der Waals surface area contributed by atoms with E-state index in [4.69, 9.17) is 4.74 Å². The van der Waals surface area contributed by atoms with E-state index in [9.17, 15) is 14.0 Å². The van der Waals surface area contributed by atoms with Crippen molar-refractivity contribution in [1.29, 1.82) is 0 Å². The van der Waals surface area contributed by atoms with Gasteiger partial charge in [-0.15, -0.1) is 0 Å². The van der Waals surface area contributed by atoms with Crippen LogP contribution in [0.2, 0.25) is 0 Å². The molecule has 3 nitrogen and oxygen atoms in total. The van der Waals surface area contributed by atoms with Gasteiger partial charge in [-0.3, -0.25) is 4.79 Å². The number of benzene rings is 2. The maximum absolute atomic E-state index is 13.4. The van der Waals surface area contributed by atoms with Gasteiger partial charge in [0.2, 0.25) is 5.78 Å². The molecular formula is C19H17FO3. The van der Waals surface area contributed by atoms with E-state index in [1.54, 1.807) is 24.3 Å². The molecule has 2 aromatic carbocycles. The third-order valence-corrected chi connectivity index (χ3v) is 3.33. The Morgan fingerprint density at radius 2 is 1.87 bits per heavy atom. The number of carbonyl (C=O) groups is 2. The molecule has 0 spiro atoms. The van der Waals surface area contributed by atoms with Crippen LogP contribution < -0.4 is 0 Å². The minimum absolute atomic E-state index is 0.268. The summed E-state index contributed by atoms with van der Waals surface area (Å²) in [5.41, 5.74) is 2.71. The van der Waals surface area contributed by atoms with Crippen molar-refractivity contribution >= 4 is 17.8 Å². The SMILES string of the molecule is Cc1ccc(C(=O)COC(=O)/C=C/c2ccccc2F)c(C)c1. The highest BCUT2D eigenvalue weighted by Crippen LogP contribution is 2.12. The summed E-state index contributed by atoms with van der Waals surface area (Å²) < 4.78 is 18.3. The molecule has 2 rings (SSSR count). The van der Waals surface area contributed by atoms with Crippen molar-refractivity contribution in [3.05, 3.63) is 76.6 Å². The van der Waals surface area contributed by atoms with Gasteiger partial charge in [-0.05, 0) is 31.6 Å². The number of hydrogen-bond acceptors (Lipinski definition) is 3. The molecule has 0 saturated heterocycles. The number of esters is 1. The Morgan fingerprint density at radius 1 is 1.13 bits per heavy atom. The number of halogens is 1. The fourth-order valence-corrected chi connectivity index (χ4v) is 2.16. The number of hydrogen-bond donors (Lipinski definition) is 0. The van der Waals surface area contributed by atoms with Crippen LogP contribution in [0.25, 0.3) is 6.08 Å². The number of ether oxygens (including phenoxy) is 1. The number of ketones is 1. The number of Topliss-reactive ketones (excluding diaryl/α,β-unsaturated/α-hetero) is 1. The molecule has 0 bridgehead atoms. The number of aryl methyl sites for hydroxylation is 2. The van der Waals surface area contributed by atoms with Gasteiger partial charge in [0.1, 0.15) is 5.82 Å². The fraction of sp³-hybridized carbons (Fsp3) is 0.158. The molecule has 0 aliphatic heterocycles. The van der Waals surface area contributed by atoms with Gasteiger partial charge in [-0.2, -0.15) is 0 Å². The molecule has 23 heavy (non-hydrogen) atoms. The highest BCUT2D eigenvalue weighted by Gasteiger charge is 2.11. The van der Waals surface area contributed by atoms with E-state index in [0.717, 1.165) is 17.2 Å². The highest BCUT2D eigenvalue weighted by molar-refractivity contribution is 6.00. The molecule has 0 heterocycles. The number of carbonyl (C=O) groups excluding carboxylic acids is 2. The summed E-state index contributed by atoms with van der Waals surface area (Å²) in [6.45, 7) is 3.43. The second-order valence-electron chi connectivity index (χ2n) is 5.20. The molecule has 0 atom stereocenters. The summed E-state index contributed by atoms with van der Waals surface area (Å²) in [6.07, 6.45) is 2.42. The topological polar surface area (TPSA) is 43.4 Å². The molecule has 0 aromatic heterocycles. The van der Waals surface area contributed by atoms with Crippen LogP contribution in [0, 0.1) is 19.7 Å². The van der Waals surface area contributed by atoms with Crippen LogP contribution in [-0.4, -0.2) is 18.4 Å². The lowest BCUT2D eigenvalue weighted by Crippen LogP contribution is -2.13. The van der Waals surface area contributed by atoms with E-state index >= 15 is 0 Å². The van der Waals surface area contributed by atoms with E-state index in [1.807, 2.05) is 26.0 Å². The maximum atomic E-state index is 13.4. The molecule has 0 N–H and O–H groups in total. The predicted molar refractivity (Wildman–Crippen MR) is 86.6 cm³/mol. The Morgan fingerprint density at radius 3 is 2.57 bits per heavy atom. The zero-order valence-corrected chi connectivity index (χ0v) is 13.0. The lowest BCUT2D eigenvalue weighted by molar-refractivity contribution is -0.136. The fourth-order valence-electron chi connectivity index (χ4n) is 2.16. The lowest BCUT2D eigenvalue weighted by Gasteiger charge is -2.06. The monoisotopic (exact) mass is 312 g/mol. The first-order valence-electron chi connectivity index (χ1n) is 7.17. The van der Waals surface area contributed by atoms with Crippen LogP contribution in [0.4, 0.5) is 4.39 Å². The lowest BCUT2D eigenvalue weighted by atomic mass is 10.0. The van der Waals surface area contributed by atoms with Crippen LogP contribution in [0.15, 0.2) is 48.5 Å². The third-order valence-electron chi connectivity index (χ3n) is 3.33. The Bertz CT molecular complexity index is 763. The van der Waals surface area contributed by atoms with Gasteiger partial charge in [-0.1, -0.05) is 42.0 Å². The van der Waals surface area contributed by atoms with E-state index in [1.165, 1.54) is 12.1 Å². The molecule has 4 heteroatoms. The molecular weight excluding hydrogens is 295 g/mol. The normalized spacial score (nSPS) is 10.7. The molecule has 118 valence electrons. The molecule has 0 fully saturated rings. The van der Waals surface area contributed by atoms with Crippen molar-refractivity contribution in [3.63, 3.8) is 0 Å². The molecule has 0 saturated carbocycles. The maximum Gasteiger partial charge on any atom is 0.331 e. The minimum atomic E-state index is -0.689. The summed E-state index contributed by atoms with van der Waals surface area (Å²) >= 11 is 0. The Kier molecular flexibility index (Phi) is 5.41. The summed E-state index contributed by atoms with van der Waals surface area (Å²) in [5, 5.41) is 0. The van der Waals surface area contributed by atoms with Crippen molar-refractivity contribution in [2.45, 2.75) is 13.8 Å².